The van der Waals surface area contributed by atoms with Gasteiger partial charge in [-0.05, 0) is 0 Å². The standard InChI is InChI=1S/C12F18O4/c13-1(3(15)16)5(31)33-12(30,34-6(32)2(14)4(17)18)10(25,26)8(21,22)7(19,20)9(23,24)11(27,28)29. The summed E-state index contributed by atoms with van der Waals surface area (Å²) in [6.07, 6.45) is -15.9. The number of ether oxygens (including phenoxy) is 2. The lowest BCUT2D eigenvalue weighted by atomic mass is 9.97. The molecule has 0 aliphatic heterocycles. The average molecular weight is 550 g/mol. The normalized spacial score (nSPS) is 13.8. The number of carbonyl (C=O) groups is 2. The number of hydrogen-bond donors (Lipinski definition) is 0. The summed E-state index contributed by atoms with van der Waals surface area (Å²) < 4.78 is 234. The Morgan fingerprint density at radius 1 is 0.441 bits per heavy atom. The minimum Gasteiger partial charge on any atom is -0.384 e. The largest absolute Gasteiger partial charge is 0.486 e. The van der Waals surface area contributed by atoms with E-state index in [1.54, 1.807) is 0 Å². The van der Waals surface area contributed by atoms with Crippen molar-refractivity contribution in [3.8, 4) is 0 Å². The highest BCUT2D eigenvalue weighted by atomic mass is 19.4. The molecule has 0 saturated carbocycles. The summed E-state index contributed by atoms with van der Waals surface area (Å²) in [6.45, 7) is 0. The molecular formula is C12F18O4. The Labute approximate surface area is 171 Å². The molecule has 0 fully saturated rings. The molecule has 0 spiro atoms. The second-order valence-corrected chi connectivity index (χ2v) is 5.26. The van der Waals surface area contributed by atoms with E-state index in [0.717, 1.165) is 0 Å². The zero-order chi connectivity index (χ0) is 27.9. The zero-order valence-electron chi connectivity index (χ0n) is 14.4. The first kappa shape index (κ1) is 31.2. The summed E-state index contributed by atoms with van der Waals surface area (Å²) in [7, 11) is 0. The van der Waals surface area contributed by atoms with Gasteiger partial charge in [0.2, 0.25) is 0 Å². The highest BCUT2D eigenvalue weighted by Gasteiger charge is 2.92. The molecule has 0 unspecified atom stereocenters. The van der Waals surface area contributed by atoms with Crippen LogP contribution in [0, 0.1) is 0 Å². The van der Waals surface area contributed by atoms with E-state index in [9.17, 15) is 88.6 Å². The lowest BCUT2D eigenvalue weighted by Gasteiger charge is -2.40. The van der Waals surface area contributed by atoms with Crippen molar-refractivity contribution in [3.05, 3.63) is 23.8 Å². The van der Waals surface area contributed by atoms with Crippen LogP contribution in [0.4, 0.5) is 79.0 Å². The van der Waals surface area contributed by atoms with Crippen LogP contribution in [-0.2, 0) is 19.1 Å². The average Bonchev–Trinajstić information content (AvgIpc) is 2.64. The maximum Gasteiger partial charge on any atom is 0.486 e. The van der Waals surface area contributed by atoms with Gasteiger partial charge in [0.1, 0.15) is 0 Å². The fraction of sp³-hybridized carbons (Fsp3) is 0.500. The molecule has 0 atom stereocenters. The Balaban J connectivity index is 7.04. The van der Waals surface area contributed by atoms with Crippen molar-refractivity contribution in [3.63, 3.8) is 0 Å². The van der Waals surface area contributed by atoms with E-state index in [1.165, 1.54) is 0 Å². The van der Waals surface area contributed by atoms with Crippen LogP contribution < -0.4 is 0 Å². The Bertz CT molecular complexity index is 838. The molecule has 4 nitrogen and oxygen atoms in total. The molecule has 0 aromatic heterocycles. The van der Waals surface area contributed by atoms with Crippen molar-refractivity contribution in [2.45, 2.75) is 35.9 Å². The van der Waals surface area contributed by atoms with Crippen molar-refractivity contribution in [2.24, 2.45) is 0 Å². The Morgan fingerprint density at radius 3 is 0.941 bits per heavy atom. The van der Waals surface area contributed by atoms with Crippen molar-refractivity contribution >= 4 is 11.9 Å². The Hall–Kier alpha value is -2.84. The fourth-order valence-corrected chi connectivity index (χ4v) is 1.39. The molecule has 0 amide bonds. The molecule has 0 radical (unpaired) electrons. The smallest absolute Gasteiger partial charge is 0.384 e. The topological polar surface area (TPSA) is 52.6 Å². The first-order chi connectivity index (χ1) is 14.7. The number of esters is 2. The van der Waals surface area contributed by atoms with Gasteiger partial charge in [0.25, 0.3) is 11.7 Å². The van der Waals surface area contributed by atoms with E-state index in [2.05, 4.69) is 9.47 Å². The molecular weight excluding hydrogens is 550 g/mol. The van der Waals surface area contributed by atoms with E-state index in [-0.39, 0.29) is 0 Å². The SMILES string of the molecule is O=C(OC(F)(OC(=O)C(F)=C(F)F)C(F)(F)C(F)(F)C(F)(F)C(F)(F)C(F)(F)F)C(F)=C(F)F. The summed E-state index contributed by atoms with van der Waals surface area (Å²) in [5.41, 5.74) is 0. The predicted octanol–water partition coefficient (Wildman–Crippen LogP) is 5.95. The third kappa shape index (κ3) is 4.98. The minimum atomic E-state index is -8.57. The molecule has 0 saturated heterocycles. The highest BCUT2D eigenvalue weighted by Crippen LogP contribution is 2.60. The molecule has 34 heavy (non-hydrogen) atoms. The van der Waals surface area contributed by atoms with Crippen LogP contribution in [0.25, 0.3) is 0 Å². The Morgan fingerprint density at radius 2 is 0.706 bits per heavy atom. The lowest BCUT2D eigenvalue weighted by molar-refractivity contribution is -0.471. The summed E-state index contributed by atoms with van der Waals surface area (Å²) in [5.74, 6) is -49.5. The van der Waals surface area contributed by atoms with Crippen molar-refractivity contribution in [2.75, 3.05) is 0 Å². The van der Waals surface area contributed by atoms with Gasteiger partial charge in [0.05, 0.1) is 0 Å². The van der Waals surface area contributed by atoms with E-state index >= 15 is 0 Å². The second kappa shape index (κ2) is 9.07. The third-order valence-electron chi connectivity index (χ3n) is 3.05. The number of halogens is 18. The predicted molar refractivity (Wildman–Crippen MR) is 62.6 cm³/mol. The van der Waals surface area contributed by atoms with Gasteiger partial charge >= 0.3 is 60.0 Å². The molecule has 0 heterocycles. The van der Waals surface area contributed by atoms with Crippen LogP contribution in [-0.4, -0.2) is 47.8 Å². The summed E-state index contributed by atoms with van der Waals surface area (Å²) >= 11 is 0. The first-order valence-electron chi connectivity index (χ1n) is 6.88. The van der Waals surface area contributed by atoms with Gasteiger partial charge < -0.3 is 9.47 Å². The van der Waals surface area contributed by atoms with E-state index in [0.29, 0.717) is 0 Å². The van der Waals surface area contributed by atoms with Crippen LogP contribution >= 0.6 is 0 Å². The first-order valence-corrected chi connectivity index (χ1v) is 6.88. The molecule has 0 aliphatic rings. The number of alkyl halides is 12. The zero-order valence-corrected chi connectivity index (χ0v) is 14.4. The van der Waals surface area contributed by atoms with Gasteiger partial charge in [0.15, 0.2) is 0 Å². The summed E-state index contributed by atoms with van der Waals surface area (Å²) in [4.78, 5) is 21.5. The summed E-state index contributed by atoms with van der Waals surface area (Å²) in [5, 5.41) is 0. The molecule has 0 N–H and O–H groups in total. The Kier molecular flexibility index (Phi) is 8.32. The van der Waals surface area contributed by atoms with E-state index in [4.69, 9.17) is 0 Å². The number of rotatable bonds is 8. The molecule has 0 bridgehead atoms. The van der Waals surface area contributed by atoms with E-state index in [1.807, 2.05) is 0 Å². The fourth-order valence-electron chi connectivity index (χ4n) is 1.39. The van der Waals surface area contributed by atoms with Gasteiger partial charge in [-0.3, -0.25) is 0 Å². The van der Waals surface area contributed by atoms with Crippen LogP contribution in [0.1, 0.15) is 0 Å². The highest BCUT2D eigenvalue weighted by molar-refractivity contribution is 5.88. The van der Waals surface area contributed by atoms with Gasteiger partial charge in [0, 0.05) is 0 Å². The van der Waals surface area contributed by atoms with Gasteiger partial charge in [-0.15, -0.1) is 0 Å². The van der Waals surface area contributed by atoms with Gasteiger partial charge in [-0.25, -0.2) is 9.59 Å². The number of hydrogen-bond acceptors (Lipinski definition) is 4. The summed E-state index contributed by atoms with van der Waals surface area (Å²) in [6, 6.07) is -7.42. The van der Waals surface area contributed by atoms with Crippen molar-refractivity contribution < 1.29 is 98.1 Å². The van der Waals surface area contributed by atoms with Crippen LogP contribution in [0.15, 0.2) is 23.8 Å². The molecule has 22 heteroatoms. The molecule has 0 rings (SSSR count). The van der Waals surface area contributed by atoms with Crippen LogP contribution in [0.2, 0.25) is 0 Å². The maximum atomic E-state index is 14.2. The van der Waals surface area contributed by atoms with Crippen molar-refractivity contribution in [1.82, 2.24) is 0 Å². The van der Waals surface area contributed by atoms with E-state index < -0.39 is 71.7 Å². The second-order valence-electron chi connectivity index (χ2n) is 5.26. The lowest BCUT2D eigenvalue weighted by Crippen LogP contribution is -2.72. The minimum absolute atomic E-state index is 2.12. The monoisotopic (exact) mass is 550 g/mol. The van der Waals surface area contributed by atoms with Crippen LogP contribution in [0.5, 0.6) is 0 Å². The van der Waals surface area contributed by atoms with Gasteiger partial charge in [-0.1, -0.05) is 0 Å². The molecule has 0 aliphatic carbocycles. The maximum absolute atomic E-state index is 14.2. The van der Waals surface area contributed by atoms with Gasteiger partial charge in [-0.2, -0.15) is 79.0 Å². The molecule has 0 aromatic rings. The van der Waals surface area contributed by atoms with Crippen LogP contribution in [0.3, 0.4) is 0 Å². The molecule has 0 aromatic carbocycles. The quantitative estimate of drug-likeness (QED) is 0.162. The number of carbonyl (C=O) groups excluding carboxylic acids is 2. The van der Waals surface area contributed by atoms with Crippen molar-refractivity contribution in [1.29, 1.82) is 0 Å². The third-order valence-corrected chi connectivity index (χ3v) is 3.05. The molecule has 198 valence electrons.